The monoisotopic (exact) mass is 494 g/mol. The third-order valence-corrected chi connectivity index (χ3v) is 5.47. The molecule has 2 heterocycles. The van der Waals surface area contributed by atoms with Crippen molar-refractivity contribution in [1.82, 2.24) is 9.47 Å². The molecule has 1 aromatic heterocycles. The van der Waals surface area contributed by atoms with Gasteiger partial charge in [-0.1, -0.05) is 48.5 Å². The number of para-hydroxylation sites is 1. The van der Waals surface area contributed by atoms with Gasteiger partial charge in [0.05, 0.1) is 12.6 Å². The molecule has 2 amide bonds. The molecule has 1 aliphatic rings. The van der Waals surface area contributed by atoms with Gasteiger partial charge in [-0.2, -0.15) is 4.90 Å². The molecule has 2 aromatic carbocycles. The summed E-state index contributed by atoms with van der Waals surface area (Å²) in [6.45, 7) is 4.94. The number of ether oxygens (including phenoxy) is 4. The lowest BCUT2D eigenvalue weighted by atomic mass is 10.0. The van der Waals surface area contributed by atoms with Crippen LogP contribution in [0.5, 0.6) is 0 Å². The van der Waals surface area contributed by atoms with E-state index >= 15 is 0 Å². The maximum atomic E-state index is 13.0. The fourth-order valence-electron chi connectivity index (χ4n) is 3.93. The van der Waals surface area contributed by atoms with E-state index in [0.29, 0.717) is 21.4 Å². The van der Waals surface area contributed by atoms with Gasteiger partial charge in [-0.3, -0.25) is 4.57 Å². The Bertz CT molecular complexity index is 1310. The number of amides is 2. The summed E-state index contributed by atoms with van der Waals surface area (Å²) in [5.74, 6) is -0.875. The Labute approximate surface area is 207 Å². The van der Waals surface area contributed by atoms with Crippen LogP contribution in [0.2, 0.25) is 0 Å². The Morgan fingerprint density at radius 3 is 2.31 bits per heavy atom. The minimum Gasteiger partial charge on any atom is -0.467 e. The molecule has 3 aromatic rings. The molecule has 10 heteroatoms. The summed E-state index contributed by atoms with van der Waals surface area (Å²) < 4.78 is 22.4. The van der Waals surface area contributed by atoms with Crippen LogP contribution in [0.15, 0.2) is 60.8 Å². The first-order chi connectivity index (χ1) is 17.1. The van der Waals surface area contributed by atoms with Gasteiger partial charge >= 0.3 is 24.2 Å². The van der Waals surface area contributed by atoms with Gasteiger partial charge in [-0.25, -0.2) is 19.2 Å². The lowest BCUT2D eigenvalue weighted by molar-refractivity contribution is -0.146. The van der Waals surface area contributed by atoms with E-state index in [-0.39, 0.29) is 6.61 Å². The maximum absolute atomic E-state index is 13.0. The van der Waals surface area contributed by atoms with Gasteiger partial charge in [0.2, 0.25) is 0 Å². The number of esters is 1. The van der Waals surface area contributed by atoms with E-state index in [1.807, 2.05) is 30.3 Å². The van der Waals surface area contributed by atoms with Crippen LogP contribution in [-0.4, -0.2) is 52.5 Å². The number of carbonyl (C=O) groups is 4. The van der Waals surface area contributed by atoms with E-state index in [9.17, 15) is 19.2 Å². The van der Waals surface area contributed by atoms with E-state index in [1.165, 1.54) is 10.8 Å². The zero-order chi connectivity index (χ0) is 26.0. The summed E-state index contributed by atoms with van der Waals surface area (Å²) in [6, 6.07) is 14.6. The Morgan fingerprint density at radius 2 is 1.64 bits per heavy atom. The number of hydrogen-bond donors (Lipinski definition) is 0. The summed E-state index contributed by atoms with van der Waals surface area (Å²) >= 11 is 0. The van der Waals surface area contributed by atoms with Crippen molar-refractivity contribution in [2.24, 2.45) is 0 Å². The number of cyclic esters (lactones) is 1. The fourth-order valence-corrected chi connectivity index (χ4v) is 3.93. The van der Waals surface area contributed by atoms with E-state index in [2.05, 4.69) is 0 Å². The van der Waals surface area contributed by atoms with Crippen LogP contribution in [0.25, 0.3) is 10.9 Å². The SMILES string of the molecule is COC(=O)[C@H]1[C@@H](c2cn(C(=O)OCc3ccccc3)c3ccccc23)OC(=O)N1C(=O)OC(C)(C)C. The molecule has 2 atom stereocenters. The van der Waals surface area contributed by atoms with Crippen LogP contribution < -0.4 is 0 Å². The molecule has 0 unspecified atom stereocenters. The van der Waals surface area contributed by atoms with Crippen LogP contribution in [0.3, 0.4) is 0 Å². The fraction of sp³-hybridized carbons (Fsp3) is 0.308. The predicted molar refractivity (Wildman–Crippen MR) is 127 cm³/mol. The predicted octanol–water partition coefficient (Wildman–Crippen LogP) is 4.80. The number of fused-ring (bicyclic) bond motifs is 1. The molecule has 1 aliphatic heterocycles. The minimum absolute atomic E-state index is 0.0527. The van der Waals surface area contributed by atoms with Crippen molar-refractivity contribution in [3.63, 3.8) is 0 Å². The number of aromatic nitrogens is 1. The molecule has 1 saturated heterocycles. The largest absolute Gasteiger partial charge is 0.467 e. The summed E-state index contributed by atoms with van der Waals surface area (Å²) in [5, 5.41) is 0.534. The summed E-state index contributed by atoms with van der Waals surface area (Å²) in [6.07, 6.45) is -2.58. The third kappa shape index (κ3) is 4.88. The molecule has 10 nitrogen and oxygen atoms in total. The highest BCUT2D eigenvalue weighted by molar-refractivity contribution is 5.99. The smallest absolute Gasteiger partial charge is 0.420 e. The average Bonchev–Trinajstić information content (AvgIpc) is 3.39. The molecule has 0 radical (unpaired) electrons. The van der Waals surface area contributed by atoms with Crippen molar-refractivity contribution in [2.75, 3.05) is 7.11 Å². The van der Waals surface area contributed by atoms with Gasteiger partial charge in [-0.15, -0.1) is 0 Å². The molecule has 188 valence electrons. The first kappa shape index (κ1) is 24.8. The molecule has 0 saturated carbocycles. The van der Waals surface area contributed by atoms with Crippen molar-refractivity contribution in [3.8, 4) is 0 Å². The van der Waals surface area contributed by atoms with Gasteiger partial charge in [0, 0.05) is 17.1 Å². The number of methoxy groups -OCH3 is 1. The van der Waals surface area contributed by atoms with Crippen LogP contribution in [0.4, 0.5) is 14.4 Å². The summed E-state index contributed by atoms with van der Waals surface area (Å²) in [4.78, 5) is 51.9. The van der Waals surface area contributed by atoms with Gasteiger partial charge in [-0.05, 0) is 32.4 Å². The van der Waals surface area contributed by atoms with E-state index in [1.54, 1.807) is 45.0 Å². The van der Waals surface area contributed by atoms with Crippen LogP contribution in [0, 0.1) is 0 Å². The van der Waals surface area contributed by atoms with Crippen molar-refractivity contribution >= 4 is 35.2 Å². The second kappa shape index (κ2) is 9.73. The lowest BCUT2D eigenvalue weighted by Crippen LogP contribution is -2.47. The number of carbonyl (C=O) groups excluding carboxylic acids is 4. The van der Waals surface area contributed by atoms with Crippen molar-refractivity contribution in [2.45, 2.75) is 45.1 Å². The Morgan fingerprint density at radius 1 is 0.972 bits per heavy atom. The number of nitrogens with zero attached hydrogens (tertiary/aromatic N) is 2. The normalized spacial score (nSPS) is 17.6. The third-order valence-electron chi connectivity index (χ3n) is 5.47. The Balaban J connectivity index is 1.70. The van der Waals surface area contributed by atoms with Crippen LogP contribution >= 0.6 is 0 Å². The van der Waals surface area contributed by atoms with Gasteiger partial charge < -0.3 is 18.9 Å². The van der Waals surface area contributed by atoms with Crippen LogP contribution in [-0.2, 0) is 30.3 Å². The minimum atomic E-state index is -1.46. The number of rotatable bonds is 4. The van der Waals surface area contributed by atoms with E-state index < -0.39 is 42.0 Å². The number of hydrogen-bond acceptors (Lipinski definition) is 8. The van der Waals surface area contributed by atoms with Gasteiger partial charge in [0.1, 0.15) is 12.2 Å². The second-order valence-corrected chi connectivity index (χ2v) is 9.13. The van der Waals surface area contributed by atoms with Gasteiger partial charge in [0.15, 0.2) is 12.1 Å². The van der Waals surface area contributed by atoms with Crippen molar-refractivity contribution in [1.29, 1.82) is 0 Å². The molecule has 0 aliphatic carbocycles. The molecular weight excluding hydrogens is 468 g/mol. The standard InChI is InChI=1S/C26H26N2O8/c1-26(2,3)36-25(32)28-20(22(29)33-4)21(35-24(28)31)18-14-27(19-13-9-8-12-17(18)19)23(30)34-15-16-10-6-5-7-11-16/h5-14,20-21H,15H2,1-4H3/t20-,21-/m1/s1. The topological polar surface area (TPSA) is 113 Å². The highest BCUT2D eigenvalue weighted by atomic mass is 16.6. The molecule has 36 heavy (non-hydrogen) atoms. The Hall–Kier alpha value is -4.34. The zero-order valence-corrected chi connectivity index (χ0v) is 20.3. The molecular formula is C26H26N2O8. The zero-order valence-electron chi connectivity index (χ0n) is 20.3. The first-order valence-electron chi connectivity index (χ1n) is 11.2. The lowest BCUT2D eigenvalue weighted by Gasteiger charge is -2.25. The van der Waals surface area contributed by atoms with Gasteiger partial charge in [0.25, 0.3) is 0 Å². The molecule has 0 spiro atoms. The van der Waals surface area contributed by atoms with Crippen LogP contribution in [0.1, 0.15) is 38.0 Å². The quantitative estimate of drug-likeness (QED) is 0.376. The van der Waals surface area contributed by atoms with E-state index in [0.717, 1.165) is 12.7 Å². The highest BCUT2D eigenvalue weighted by Crippen LogP contribution is 2.38. The summed E-state index contributed by atoms with van der Waals surface area (Å²) in [7, 11) is 1.14. The van der Waals surface area contributed by atoms with Crippen molar-refractivity contribution in [3.05, 3.63) is 71.9 Å². The molecule has 4 rings (SSSR count). The highest BCUT2D eigenvalue weighted by Gasteiger charge is 2.53. The van der Waals surface area contributed by atoms with E-state index in [4.69, 9.17) is 18.9 Å². The Kier molecular flexibility index (Phi) is 6.69. The average molecular weight is 495 g/mol. The maximum Gasteiger partial charge on any atom is 0.420 e. The number of imide groups is 1. The number of benzene rings is 2. The molecule has 0 bridgehead atoms. The second-order valence-electron chi connectivity index (χ2n) is 9.13. The first-order valence-corrected chi connectivity index (χ1v) is 11.2. The summed E-state index contributed by atoms with van der Waals surface area (Å²) in [5.41, 5.74) is 0.693. The van der Waals surface area contributed by atoms with Crippen molar-refractivity contribution < 1.29 is 38.1 Å². The molecule has 0 N–H and O–H groups in total. The molecule has 1 fully saturated rings.